The molecule has 1 aromatic carbocycles. The van der Waals surface area contributed by atoms with E-state index in [-0.39, 0.29) is 18.4 Å². The third-order valence-electron chi connectivity index (χ3n) is 2.70. The number of nitrogens with one attached hydrogen (secondary N) is 1. The van der Waals surface area contributed by atoms with Crippen LogP contribution in [0.25, 0.3) is 0 Å². The second-order valence-corrected chi connectivity index (χ2v) is 4.97. The number of carbonyl (C=O) groups is 2. The van der Waals surface area contributed by atoms with Crippen LogP contribution in [0, 0.1) is 0 Å². The zero-order valence-corrected chi connectivity index (χ0v) is 11.9. The maximum atomic E-state index is 12.2. The molecule has 1 heterocycles. The molecule has 6 heteroatoms. The number of likely N-dealkylation sites (N-methyl/N-ethyl adjacent to an activating group) is 1. The molecule has 1 N–H and O–H groups in total. The molecule has 2 amide bonds. The van der Waals surface area contributed by atoms with Crippen LogP contribution in [-0.4, -0.2) is 34.8 Å². The molecule has 0 spiro atoms. The van der Waals surface area contributed by atoms with Gasteiger partial charge in [-0.3, -0.25) is 9.59 Å². The minimum atomic E-state index is -0.244. The third-order valence-corrected chi connectivity index (χ3v) is 3.39. The standard InChI is InChI=1S/C14H15N3O2S/c1-2-17(13(19)11-6-4-3-5-7-11)10-12(18)16-14-15-8-9-20-14/h3-9H,2,10H2,1H3,(H,15,16,18). The van der Waals surface area contributed by atoms with Crippen molar-refractivity contribution >= 4 is 28.3 Å². The van der Waals surface area contributed by atoms with E-state index in [2.05, 4.69) is 10.3 Å². The van der Waals surface area contributed by atoms with Gasteiger partial charge in [0.05, 0.1) is 0 Å². The van der Waals surface area contributed by atoms with Crippen molar-refractivity contribution in [2.24, 2.45) is 0 Å². The Morgan fingerprint density at radius 1 is 1.30 bits per heavy atom. The predicted octanol–water partition coefficient (Wildman–Crippen LogP) is 2.24. The zero-order valence-electron chi connectivity index (χ0n) is 11.1. The number of thiazole rings is 1. The van der Waals surface area contributed by atoms with Crippen LogP contribution in [0.15, 0.2) is 41.9 Å². The van der Waals surface area contributed by atoms with Crippen molar-refractivity contribution in [3.63, 3.8) is 0 Å². The van der Waals surface area contributed by atoms with E-state index in [1.807, 2.05) is 13.0 Å². The molecule has 104 valence electrons. The van der Waals surface area contributed by atoms with E-state index >= 15 is 0 Å². The van der Waals surface area contributed by atoms with E-state index in [0.29, 0.717) is 17.2 Å². The summed E-state index contributed by atoms with van der Waals surface area (Å²) in [6, 6.07) is 8.93. The highest BCUT2D eigenvalue weighted by Crippen LogP contribution is 2.10. The Kier molecular flexibility index (Phi) is 4.84. The van der Waals surface area contributed by atoms with Crippen LogP contribution >= 0.6 is 11.3 Å². The van der Waals surface area contributed by atoms with Crippen LogP contribution < -0.4 is 5.32 Å². The van der Waals surface area contributed by atoms with Gasteiger partial charge in [0.15, 0.2) is 5.13 Å². The van der Waals surface area contributed by atoms with Gasteiger partial charge >= 0.3 is 0 Å². The van der Waals surface area contributed by atoms with Crippen LogP contribution in [0.2, 0.25) is 0 Å². The van der Waals surface area contributed by atoms with Gasteiger partial charge in [-0.05, 0) is 19.1 Å². The summed E-state index contributed by atoms with van der Waals surface area (Å²) in [7, 11) is 0. The fraction of sp³-hybridized carbons (Fsp3) is 0.214. The molecule has 0 aliphatic carbocycles. The molecular formula is C14H15N3O2S. The largest absolute Gasteiger partial charge is 0.330 e. The number of rotatable bonds is 5. The van der Waals surface area contributed by atoms with Gasteiger partial charge in [-0.1, -0.05) is 18.2 Å². The highest BCUT2D eigenvalue weighted by molar-refractivity contribution is 7.13. The minimum Gasteiger partial charge on any atom is -0.330 e. The Bertz CT molecular complexity index is 569. The number of aromatic nitrogens is 1. The van der Waals surface area contributed by atoms with Gasteiger partial charge in [0.25, 0.3) is 5.91 Å². The number of hydrogen-bond acceptors (Lipinski definition) is 4. The molecule has 0 fully saturated rings. The fourth-order valence-electron chi connectivity index (χ4n) is 1.71. The van der Waals surface area contributed by atoms with Crippen LogP contribution in [-0.2, 0) is 4.79 Å². The monoisotopic (exact) mass is 289 g/mol. The summed E-state index contributed by atoms with van der Waals surface area (Å²) in [5.41, 5.74) is 0.580. The summed E-state index contributed by atoms with van der Waals surface area (Å²) in [6.45, 7) is 2.33. The number of amides is 2. The van der Waals surface area contributed by atoms with Crippen LogP contribution in [0.4, 0.5) is 5.13 Å². The minimum absolute atomic E-state index is 0.0177. The first-order valence-electron chi connectivity index (χ1n) is 6.24. The van der Waals surface area contributed by atoms with Gasteiger partial charge in [-0.2, -0.15) is 0 Å². The van der Waals surface area contributed by atoms with E-state index in [1.54, 1.807) is 35.8 Å². The molecule has 0 unspecified atom stereocenters. The van der Waals surface area contributed by atoms with Gasteiger partial charge in [0.2, 0.25) is 5.91 Å². The molecule has 20 heavy (non-hydrogen) atoms. The lowest BCUT2D eigenvalue weighted by molar-refractivity contribution is -0.116. The van der Waals surface area contributed by atoms with E-state index in [1.165, 1.54) is 16.2 Å². The Morgan fingerprint density at radius 3 is 2.65 bits per heavy atom. The first-order chi connectivity index (χ1) is 9.70. The molecular weight excluding hydrogens is 274 g/mol. The molecule has 0 bridgehead atoms. The number of hydrogen-bond donors (Lipinski definition) is 1. The summed E-state index contributed by atoms with van der Waals surface area (Å²) in [4.78, 5) is 29.6. The van der Waals surface area contributed by atoms with Crippen molar-refractivity contribution in [2.75, 3.05) is 18.4 Å². The van der Waals surface area contributed by atoms with Crippen molar-refractivity contribution < 1.29 is 9.59 Å². The highest BCUT2D eigenvalue weighted by Gasteiger charge is 2.17. The first-order valence-corrected chi connectivity index (χ1v) is 7.12. The van der Waals surface area contributed by atoms with Crippen LogP contribution in [0.1, 0.15) is 17.3 Å². The van der Waals surface area contributed by atoms with Gasteiger partial charge in [-0.25, -0.2) is 4.98 Å². The lowest BCUT2D eigenvalue weighted by Crippen LogP contribution is -2.37. The second kappa shape index (κ2) is 6.81. The van der Waals surface area contributed by atoms with Gasteiger partial charge in [0, 0.05) is 23.7 Å². The second-order valence-electron chi connectivity index (χ2n) is 4.07. The Morgan fingerprint density at radius 2 is 2.05 bits per heavy atom. The summed E-state index contributed by atoms with van der Waals surface area (Å²) >= 11 is 1.34. The van der Waals surface area contributed by atoms with Crippen molar-refractivity contribution in [1.29, 1.82) is 0 Å². The summed E-state index contributed by atoms with van der Waals surface area (Å²) < 4.78 is 0. The van der Waals surface area contributed by atoms with E-state index < -0.39 is 0 Å². The van der Waals surface area contributed by atoms with Gasteiger partial charge < -0.3 is 10.2 Å². The summed E-state index contributed by atoms with van der Waals surface area (Å²) in [5.74, 6) is -0.395. The quantitative estimate of drug-likeness (QED) is 0.918. The number of benzene rings is 1. The number of carbonyl (C=O) groups excluding carboxylic acids is 2. The highest BCUT2D eigenvalue weighted by atomic mass is 32.1. The van der Waals surface area contributed by atoms with Crippen LogP contribution in [0.5, 0.6) is 0 Å². The van der Waals surface area contributed by atoms with E-state index in [9.17, 15) is 9.59 Å². The lowest BCUT2D eigenvalue weighted by Gasteiger charge is -2.20. The molecule has 1 aromatic heterocycles. The molecule has 0 atom stereocenters. The smallest absolute Gasteiger partial charge is 0.254 e. The van der Waals surface area contributed by atoms with E-state index in [0.717, 1.165) is 0 Å². The molecule has 0 aliphatic heterocycles. The topological polar surface area (TPSA) is 62.3 Å². The van der Waals surface area contributed by atoms with Gasteiger partial charge in [-0.15, -0.1) is 11.3 Å². The number of nitrogens with zero attached hydrogens (tertiary/aromatic N) is 2. The Labute approximate surface area is 121 Å². The SMILES string of the molecule is CCN(CC(=O)Nc1nccs1)C(=O)c1ccccc1. The normalized spacial score (nSPS) is 10.1. The summed E-state index contributed by atoms with van der Waals surface area (Å²) in [5, 5.41) is 4.99. The lowest BCUT2D eigenvalue weighted by atomic mass is 10.2. The van der Waals surface area contributed by atoms with Crippen LogP contribution in [0.3, 0.4) is 0 Å². The number of anilines is 1. The molecule has 5 nitrogen and oxygen atoms in total. The Hall–Kier alpha value is -2.21. The zero-order chi connectivity index (χ0) is 14.4. The molecule has 2 aromatic rings. The first kappa shape index (κ1) is 14.2. The third kappa shape index (κ3) is 3.64. The molecule has 0 aliphatic rings. The molecule has 0 saturated heterocycles. The molecule has 0 radical (unpaired) electrons. The van der Waals surface area contributed by atoms with Crippen molar-refractivity contribution in [3.8, 4) is 0 Å². The molecule has 2 rings (SSSR count). The van der Waals surface area contributed by atoms with Crippen molar-refractivity contribution in [2.45, 2.75) is 6.92 Å². The van der Waals surface area contributed by atoms with Crippen molar-refractivity contribution in [3.05, 3.63) is 47.5 Å². The van der Waals surface area contributed by atoms with E-state index in [4.69, 9.17) is 0 Å². The maximum Gasteiger partial charge on any atom is 0.254 e. The van der Waals surface area contributed by atoms with Crippen molar-refractivity contribution in [1.82, 2.24) is 9.88 Å². The fourth-order valence-corrected chi connectivity index (χ4v) is 2.25. The predicted molar refractivity (Wildman–Crippen MR) is 78.8 cm³/mol. The average Bonchev–Trinajstić information content (AvgIpc) is 2.97. The van der Waals surface area contributed by atoms with Gasteiger partial charge in [0.1, 0.15) is 6.54 Å². The Balaban J connectivity index is 1.98. The maximum absolute atomic E-state index is 12.2. The molecule has 0 saturated carbocycles. The summed E-state index contributed by atoms with van der Waals surface area (Å²) in [6.07, 6.45) is 1.62. The average molecular weight is 289 g/mol.